The number of aryl methyl sites for hydroxylation is 1. The molecule has 1 aliphatic heterocycles. The van der Waals surface area contributed by atoms with E-state index >= 15 is 0 Å². The third-order valence-corrected chi connectivity index (χ3v) is 3.24. The molecule has 4 heteroatoms. The van der Waals surface area contributed by atoms with Gasteiger partial charge in [0, 0.05) is 25.1 Å². The maximum atomic E-state index is 6.03. The molecule has 2 rings (SSSR count). The van der Waals surface area contributed by atoms with Crippen LogP contribution in [0.25, 0.3) is 0 Å². The first kappa shape index (κ1) is 11.6. The second-order valence-corrected chi connectivity index (χ2v) is 4.79. The average molecular weight is 240 g/mol. The van der Waals surface area contributed by atoms with Crippen LogP contribution in [0.3, 0.4) is 0 Å². The Kier molecular flexibility index (Phi) is 3.64. The number of anilines is 1. The molecule has 1 aliphatic rings. The molecule has 0 aromatic carbocycles. The number of aromatic nitrogens is 2. The van der Waals surface area contributed by atoms with Crippen molar-refractivity contribution in [3.05, 3.63) is 17.0 Å². The smallest absolute Gasteiger partial charge is 0.134 e. The Morgan fingerprint density at radius 3 is 2.94 bits per heavy atom. The molecule has 1 aromatic rings. The van der Waals surface area contributed by atoms with Crippen LogP contribution in [0.2, 0.25) is 5.15 Å². The average Bonchev–Trinajstić information content (AvgIpc) is 2.64. The van der Waals surface area contributed by atoms with E-state index in [2.05, 4.69) is 28.7 Å². The van der Waals surface area contributed by atoms with Gasteiger partial charge >= 0.3 is 0 Å². The van der Waals surface area contributed by atoms with Gasteiger partial charge in [0.1, 0.15) is 16.8 Å². The van der Waals surface area contributed by atoms with Gasteiger partial charge in [0.15, 0.2) is 0 Å². The quantitative estimate of drug-likeness (QED) is 0.760. The van der Waals surface area contributed by atoms with E-state index in [0.717, 1.165) is 31.0 Å². The number of hydrogen-bond acceptors (Lipinski definition) is 3. The lowest BCUT2D eigenvalue weighted by atomic mass is 10.2. The van der Waals surface area contributed by atoms with Crippen LogP contribution >= 0.6 is 11.6 Å². The van der Waals surface area contributed by atoms with Crippen molar-refractivity contribution in [2.75, 3.05) is 11.4 Å². The zero-order chi connectivity index (χ0) is 11.5. The molecule has 0 spiro atoms. The topological polar surface area (TPSA) is 29.0 Å². The summed E-state index contributed by atoms with van der Waals surface area (Å²) in [6.45, 7) is 5.45. The van der Waals surface area contributed by atoms with Crippen molar-refractivity contribution in [2.24, 2.45) is 0 Å². The monoisotopic (exact) mass is 239 g/mol. The second kappa shape index (κ2) is 5.00. The first-order chi connectivity index (χ1) is 7.70. The van der Waals surface area contributed by atoms with Crippen molar-refractivity contribution in [1.82, 2.24) is 9.97 Å². The molecule has 0 amide bonds. The summed E-state index contributed by atoms with van der Waals surface area (Å²) in [5.41, 5.74) is 0. The van der Waals surface area contributed by atoms with Gasteiger partial charge in [-0.05, 0) is 26.2 Å². The van der Waals surface area contributed by atoms with Crippen molar-refractivity contribution in [1.29, 1.82) is 0 Å². The third kappa shape index (κ3) is 2.46. The normalized spacial score (nSPS) is 20.4. The highest BCUT2D eigenvalue weighted by Crippen LogP contribution is 2.25. The maximum absolute atomic E-state index is 6.03. The predicted octanol–water partition coefficient (Wildman–Crippen LogP) is 3.07. The van der Waals surface area contributed by atoms with Gasteiger partial charge in [0.2, 0.25) is 0 Å². The van der Waals surface area contributed by atoms with Crippen molar-refractivity contribution < 1.29 is 0 Å². The summed E-state index contributed by atoms with van der Waals surface area (Å²) in [5.74, 6) is 1.86. The summed E-state index contributed by atoms with van der Waals surface area (Å²) < 4.78 is 0. The summed E-state index contributed by atoms with van der Waals surface area (Å²) in [5, 5.41) is 0.563. The van der Waals surface area contributed by atoms with Crippen LogP contribution in [-0.4, -0.2) is 22.6 Å². The lowest BCUT2D eigenvalue weighted by molar-refractivity contribution is 0.719. The molecule has 1 aromatic heterocycles. The van der Waals surface area contributed by atoms with Gasteiger partial charge in [-0.2, -0.15) is 0 Å². The Labute approximate surface area is 102 Å². The van der Waals surface area contributed by atoms with Crippen molar-refractivity contribution in [3.8, 4) is 0 Å². The molecule has 16 heavy (non-hydrogen) atoms. The fraction of sp³-hybridized carbons (Fsp3) is 0.667. The summed E-state index contributed by atoms with van der Waals surface area (Å²) in [6, 6.07) is 2.45. The standard InChI is InChI=1S/C12H18ClN3/c1-3-5-11-14-10(13)8-12(15-11)16-7-4-6-9(16)2/h8-9H,3-7H2,1-2H3. The predicted molar refractivity (Wildman–Crippen MR) is 67.1 cm³/mol. The van der Waals surface area contributed by atoms with Gasteiger partial charge in [0.25, 0.3) is 0 Å². The van der Waals surface area contributed by atoms with Crippen LogP contribution < -0.4 is 4.90 Å². The van der Waals surface area contributed by atoms with Gasteiger partial charge in [-0.1, -0.05) is 18.5 Å². The molecule has 1 saturated heterocycles. The largest absolute Gasteiger partial charge is 0.354 e. The van der Waals surface area contributed by atoms with Crippen molar-refractivity contribution in [3.63, 3.8) is 0 Å². The van der Waals surface area contributed by atoms with E-state index in [4.69, 9.17) is 11.6 Å². The van der Waals surface area contributed by atoms with E-state index in [-0.39, 0.29) is 0 Å². The number of hydrogen-bond donors (Lipinski definition) is 0. The first-order valence-electron chi connectivity index (χ1n) is 6.01. The molecular weight excluding hydrogens is 222 g/mol. The van der Waals surface area contributed by atoms with Gasteiger partial charge < -0.3 is 4.90 Å². The number of rotatable bonds is 3. The third-order valence-electron chi connectivity index (χ3n) is 3.05. The minimum atomic E-state index is 0.563. The molecule has 88 valence electrons. The van der Waals surface area contributed by atoms with Gasteiger partial charge in [-0.25, -0.2) is 9.97 Å². The zero-order valence-electron chi connectivity index (χ0n) is 9.91. The molecule has 0 saturated carbocycles. The maximum Gasteiger partial charge on any atom is 0.134 e. The summed E-state index contributed by atoms with van der Waals surface area (Å²) >= 11 is 6.03. The fourth-order valence-corrected chi connectivity index (χ4v) is 2.40. The Morgan fingerprint density at radius 2 is 2.31 bits per heavy atom. The molecule has 2 heterocycles. The highest BCUT2D eigenvalue weighted by atomic mass is 35.5. The lowest BCUT2D eigenvalue weighted by Gasteiger charge is -2.22. The van der Waals surface area contributed by atoms with Crippen LogP contribution in [0.5, 0.6) is 0 Å². The van der Waals surface area contributed by atoms with Crippen LogP contribution in [-0.2, 0) is 6.42 Å². The number of nitrogens with zero attached hydrogens (tertiary/aromatic N) is 3. The van der Waals surface area contributed by atoms with Crippen LogP contribution in [0.15, 0.2) is 6.07 Å². The van der Waals surface area contributed by atoms with E-state index in [0.29, 0.717) is 11.2 Å². The summed E-state index contributed by atoms with van der Waals surface area (Å²) in [4.78, 5) is 11.2. The van der Waals surface area contributed by atoms with Crippen molar-refractivity contribution in [2.45, 2.75) is 45.6 Å². The van der Waals surface area contributed by atoms with E-state index < -0.39 is 0 Å². The van der Waals surface area contributed by atoms with E-state index in [1.54, 1.807) is 0 Å². The fourth-order valence-electron chi connectivity index (χ4n) is 2.21. The van der Waals surface area contributed by atoms with Gasteiger partial charge in [-0.15, -0.1) is 0 Å². The molecule has 1 fully saturated rings. The Balaban J connectivity index is 2.25. The summed E-state index contributed by atoms with van der Waals surface area (Å²) in [6.07, 6.45) is 4.43. The SMILES string of the molecule is CCCc1nc(Cl)cc(N2CCCC2C)n1. The number of halogens is 1. The Hall–Kier alpha value is -0.830. The van der Waals surface area contributed by atoms with Gasteiger partial charge in [0.05, 0.1) is 0 Å². The zero-order valence-corrected chi connectivity index (χ0v) is 10.7. The first-order valence-corrected chi connectivity index (χ1v) is 6.38. The molecule has 0 radical (unpaired) electrons. The lowest BCUT2D eigenvalue weighted by Crippen LogP contribution is -2.27. The van der Waals surface area contributed by atoms with Crippen LogP contribution in [0, 0.1) is 0 Å². The Morgan fingerprint density at radius 1 is 1.50 bits per heavy atom. The molecule has 3 nitrogen and oxygen atoms in total. The van der Waals surface area contributed by atoms with E-state index in [1.165, 1.54) is 12.8 Å². The highest BCUT2D eigenvalue weighted by Gasteiger charge is 2.22. The van der Waals surface area contributed by atoms with E-state index in [1.807, 2.05) is 6.07 Å². The minimum absolute atomic E-state index is 0.563. The Bertz CT molecular complexity index is 367. The molecular formula is C12H18ClN3. The molecule has 0 aliphatic carbocycles. The summed E-state index contributed by atoms with van der Waals surface area (Å²) in [7, 11) is 0. The van der Waals surface area contributed by atoms with Gasteiger partial charge in [-0.3, -0.25) is 0 Å². The molecule has 0 bridgehead atoms. The molecule has 1 atom stereocenters. The highest BCUT2D eigenvalue weighted by molar-refractivity contribution is 6.29. The molecule has 0 N–H and O–H groups in total. The molecule has 1 unspecified atom stereocenters. The van der Waals surface area contributed by atoms with Crippen LogP contribution in [0.1, 0.15) is 38.9 Å². The van der Waals surface area contributed by atoms with Crippen LogP contribution in [0.4, 0.5) is 5.82 Å². The second-order valence-electron chi connectivity index (χ2n) is 4.40. The van der Waals surface area contributed by atoms with E-state index in [9.17, 15) is 0 Å². The minimum Gasteiger partial charge on any atom is -0.354 e. The van der Waals surface area contributed by atoms with Crippen molar-refractivity contribution >= 4 is 17.4 Å².